The SMILES string of the molecule is CCC(C)CN(CC)S(=O)(=O)c1ccc(I)c(C(=O)O)c1. The van der Waals surface area contributed by atoms with Gasteiger partial charge in [0.15, 0.2) is 0 Å². The van der Waals surface area contributed by atoms with Gasteiger partial charge in [0.1, 0.15) is 0 Å². The minimum atomic E-state index is -3.66. The number of halogens is 1. The number of hydrogen-bond acceptors (Lipinski definition) is 3. The topological polar surface area (TPSA) is 74.7 Å². The summed E-state index contributed by atoms with van der Waals surface area (Å²) >= 11 is 1.88. The van der Waals surface area contributed by atoms with Crippen LogP contribution in [0.25, 0.3) is 0 Å². The van der Waals surface area contributed by atoms with Crippen LogP contribution in [0.5, 0.6) is 0 Å². The highest BCUT2D eigenvalue weighted by molar-refractivity contribution is 14.1. The molecule has 1 aromatic rings. The molecule has 0 bridgehead atoms. The molecule has 0 radical (unpaired) electrons. The lowest BCUT2D eigenvalue weighted by atomic mass is 10.1. The third-order valence-electron chi connectivity index (χ3n) is 3.37. The van der Waals surface area contributed by atoms with Crippen LogP contribution < -0.4 is 0 Å². The van der Waals surface area contributed by atoms with Crippen molar-refractivity contribution >= 4 is 38.6 Å². The molecule has 0 saturated carbocycles. The van der Waals surface area contributed by atoms with Crippen LogP contribution in [0, 0.1) is 9.49 Å². The van der Waals surface area contributed by atoms with Gasteiger partial charge in [-0.05, 0) is 46.7 Å². The number of sulfonamides is 1. The fraction of sp³-hybridized carbons (Fsp3) is 0.500. The van der Waals surface area contributed by atoms with E-state index in [2.05, 4.69) is 0 Å². The Morgan fingerprint density at radius 3 is 2.48 bits per heavy atom. The Kier molecular flexibility index (Phi) is 6.61. The molecule has 1 unspecified atom stereocenters. The highest BCUT2D eigenvalue weighted by Crippen LogP contribution is 2.22. The van der Waals surface area contributed by atoms with Crippen LogP contribution in [0.4, 0.5) is 0 Å². The van der Waals surface area contributed by atoms with E-state index >= 15 is 0 Å². The van der Waals surface area contributed by atoms with Crippen LogP contribution in [0.1, 0.15) is 37.6 Å². The van der Waals surface area contributed by atoms with Crippen molar-refractivity contribution in [3.05, 3.63) is 27.3 Å². The predicted octanol–water partition coefficient (Wildman–Crippen LogP) is 3.05. The number of benzene rings is 1. The number of nitrogens with zero attached hydrogens (tertiary/aromatic N) is 1. The summed E-state index contributed by atoms with van der Waals surface area (Å²) in [5.74, 6) is -0.871. The molecule has 0 aliphatic rings. The minimum Gasteiger partial charge on any atom is -0.478 e. The summed E-state index contributed by atoms with van der Waals surface area (Å²) in [6.45, 7) is 6.59. The van der Waals surface area contributed by atoms with Gasteiger partial charge >= 0.3 is 5.97 Å². The molecule has 0 fully saturated rings. The predicted molar refractivity (Wildman–Crippen MR) is 90.0 cm³/mol. The van der Waals surface area contributed by atoms with E-state index in [0.29, 0.717) is 16.7 Å². The van der Waals surface area contributed by atoms with Gasteiger partial charge in [-0.15, -0.1) is 0 Å². The van der Waals surface area contributed by atoms with Gasteiger partial charge in [-0.3, -0.25) is 0 Å². The van der Waals surface area contributed by atoms with E-state index in [1.165, 1.54) is 22.5 Å². The second-order valence-corrected chi connectivity index (χ2v) is 8.02. The fourth-order valence-electron chi connectivity index (χ4n) is 1.85. The summed E-state index contributed by atoms with van der Waals surface area (Å²) < 4.78 is 27.2. The molecule has 118 valence electrons. The molecule has 0 aromatic heterocycles. The van der Waals surface area contributed by atoms with Gasteiger partial charge in [0, 0.05) is 16.7 Å². The molecule has 1 rings (SSSR count). The van der Waals surface area contributed by atoms with E-state index in [4.69, 9.17) is 5.11 Å². The first-order valence-corrected chi connectivity index (χ1v) is 9.28. The monoisotopic (exact) mass is 425 g/mol. The van der Waals surface area contributed by atoms with E-state index in [1.54, 1.807) is 6.92 Å². The maximum atomic E-state index is 12.6. The Bertz CT molecular complexity index is 615. The van der Waals surface area contributed by atoms with Crippen LogP contribution >= 0.6 is 22.6 Å². The summed E-state index contributed by atoms with van der Waals surface area (Å²) in [4.78, 5) is 11.2. The van der Waals surface area contributed by atoms with E-state index in [0.717, 1.165) is 6.42 Å². The molecular formula is C14H20INO4S. The number of aromatic carboxylic acids is 1. The zero-order valence-corrected chi connectivity index (χ0v) is 15.3. The number of carbonyl (C=O) groups is 1. The zero-order valence-electron chi connectivity index (χ0n) is 12.3. The maximum absolute atomic E-state index is 12.6. The molecule has 1 atom stereocenters. The number of hydrogen-bond donors (Lipinski definition) is 1. The van der Waals surface area contributed by atoms with Crippen molar-refractivity contribution in [3.8, 4) is 0 Å². The number of rotatable bonds is 7. The minimum absolute atomic E-state index is 0.0104. The first kappa shape index (κ1) is 18.4. The summed E-state index contributed by atoms with van der Waals surface area (Å²) in [6.07, 6.45) is 0.888. The molecule has 5 nitrogen and oxygen atoms in total. The van der Waals surface area contributed by atoms with Gasteiger partial charge in [-0.2, -0.15) is 4.31 Å². The van der Waals surface area contributed by atoms with Gasteiger partial charge in [0.25, 0.3) is 0 Å². The lowest BCUT2D eigenvalue weighted by Crippen LogP contribution is -2.34. The van der Waals surface area contributed by atoms with Crippen molar-refractivity contribution < 1.29 is 18.3 Å². The third kappa shape index (κ3) is 4.40. The molecule has 0 spiro atoms. The van der Waals surface area contributed by atoms with Gasteiger partial charge in [0.2, 0.25) is 10.0 Å². The highest BCUT2D eigenvalue weighted by Gasteiger charge is 2.25. The first-order valence-electron chi connectivity index (χ1n) is 6.77. The quantitative estimate of drug-likeness (QED) is 0.682. The average molecular weight is 425 g/mol. The standard InChI is InChI=1S/C14H20INO4S/c1-4-10(3)9-16(5-2)21(19,20)11-6-7-13(15)12(8-11)14(17)18/h6-8,10H,4-5,9H2,1-3H3,(H,17,18). The van der Waals surface area contributed by atoms with Crippen LogP contribution in [0.3, 0.4) is 0 Å². The van der Waals surface area contributed by atoms with E-state index in [1.807, 2.05) is 36.4 Å². The summed E-state index contributed by atoms with van der Waals surface area (Å²) in [5.41, 5.74) is 0.0104. The Morgan fingerprint density at radius 1 is 1.38 bits per heavy atom. The molecule has 0 heterocycles. The van der Waals surface area contributed by atoms with Crippen molar-refractivity contribution in [1.29, 1.82) is 0 Å². The number of carboxylic acid groups (broad SMARTS) is 1. The summed E-state index contributed by atoms with van der Waals surface area (Å²) in [6, 6.07) is 4.22. The molecule has 0 saturated heterocycles. The molecule has 1 N–H and O–H groups in total. The molecule has 21 heavy (non-hydrogen) atoms. The van der Waals surface area contributed by atoms with Crippen LogP contribution in [-0.4, -0.2) is 36.9 Å². The summed E-state index contributed by atoms with van der Waals surface area (Å²) in [7, 11) is -3.66. The Morgan fingerprint density at radius 2 is 2.00 bits per heavy atom. The van der Waals surface area contributed by atoms with E-state index in [-0.39, 0.29) is 16.4 Å². The van der Waals surface area contributed by atoms with Crippen molar-refractivity contribution in [1.82, 2.24) is 4.31 Å². The van der Waals surface area contributed by atoms with E-state index < -0.39 is 16.0 Å². The first-order chi connectivity index (χ1) is 9.73. The van der Waals surface area contributed by atoms with Gasteiger partial charge in [0.05, 0.1) is 10.5 Å². The molecule has 0 aliphatic carbocycles. The van der Waals surface area contributed by atoms with Crippen molar-refractivity contribution in [3.63, 3.8) is 0 Å². The van der Waals surface area contributed by atoms with Crippen molar-refractivity contribution in [2.45, 2.75) is 32.1 Å². The second-order valence-electron chi connectivity index (χ2n) is 4.92. The maximum Gasteiger partial charge on any atom is 0.336 e. The van der Waals surface area contributed by atoms with Crippen molar-refractivity contribution in [2.75, 3.05) is 13.1 Å². The highest BCUT2D eigenvalue weighted by atomic mass is 127. The average Bonchev–Trinajstić information content (AvgIpc) is 2.43. The Balaban J connectivity index is 3.23. The zero-order chi connectivity index (χ0) is 16.2. The van der Waals surface area contributed by atoms with E-state index in [9.17, 15) is 13.2 Å². The molecule has 0 amide bonds. The molecule has 1 aromatic carbocycles. The summed E-state index contributed by atoms with van der Waals surface area (Å²) in [5, 5.41) is 9.12. The molecule has 7 heteroatoms. The smallest absolute Gasteiger partial charge is 0.336 e. The fourth-order valence-corrected chi connectivity index (χ4v) is 4.01. The van der Waals surface area contributed by atoms with Gasteiger partial charge in [-0.25, -0.2) is 13.2 Å². The largest absolute Gasteiger partial charge is 0.478 e. The lowest BCUT2D eigenvalue weighted by Gasteiger charge is -2.23. The Labute approximate surface area is 139 Å². The Hall–Kier alpha value is -0.670. The normalized spacial score (nSPS) is 13.4. The van der Waals surface area contributed by atoms with Crippen LogP contribution in [0.15, 0.2) is 23.1 Å². The molecule has 0 aliphatic heterocycles. The lowest BCUT2D eigenvalue weighted by molar-refractivity contribution is 0.0695. The van der Waals surface area contributed by atoms with Gasteiger partial charge < -0.3 is 5.11 Å². The van der Waals surface area contributed by atoms with Crippen LogP contribution in [-0.2, 0) is 10.0 Å². The van der Waals surface area contributed by atoms with Crippen LogP contribution in [0.2, 0.25) is 0 Å². The molecular weight excluding hydrogens is 405 g/mol. The second kappa shape index (κ2) is 7.55. The van der Waals surface area contributed by atoms with Crippen molar-refractivity contribution in [2.24, 2.45) is 5.92 Å². The van der Waals surface area contributed by atoms with Gasteiger partial charge in [-0.1, -0.05) is 27.2 Å². The number of carboxylic acids is 1. The third-order valence-corrected chi connectivity index (χ3v) is 6.25.